The first kappa shape index (κ1) is 21.5. The average Bonchev–Trinajstić information content (AvgIpc) is 2.93. The van der Waals surface area contributed by atoms with Crippen LogP contribution in [0.15, 0.2) is 4.99 Å². The van der Waals surface area contributed by atoms with Gasteiger partial charge in [0, 0.05) is 20.1 Å². The maximum atomic E-state index is 4.72. The van der Waals surface area contributed by atoms with Crippen LogP contribution in [0.2, 0.25) is 0 Å². The van der Waals surface area contributed by atoms with E-state index < -0.39 is 0 Å². The number of guanidine groups is 1. The van der Waals surface area contributed by atoms with Crippen molar-refractivity contribution in [1.82, 2.24) is 25.4 Å². The summed E-state index contributed by atoms with van der Waals surface area (Å²) >= 11 is 0. The van der Waals surface area contributed by atoms with Crippen molar-refractivity contribution in [3.63, 3.8) is 0 Å². The van der Waals surface area contributed by atoms with Crippen LogP contribution in [0.3, 0.4) is 0 Å². The van der Waals surface area contributed by atoms with E-state index in [1.54, 1.807) is 0 Å². The summed E-state index contributed by atoms with van der Waals surface area (Å²) < 4.78 is 1.99. The molecule has 0 aliphatic rings. The van der Waals surface area contributed by atoms with Gasteiger partial charge in [0.1, 0.15) is 12.4 Å². The van der Waals surface area contributed by atoms with Crippen molar-refractivity contribution in [2.75, 3.05) is 13.1 Å². The van der Waals surface area contributed by atoms with Gasteiger partial charge < -0.3 is 15.2 Å². The van der Waals surface area contributed by atoms with Crippen LogP contribution < -0.4 is 10.6 Å². The SMILES string of the molecule is CCCCNC(=NCc1nnc(C)n1C)NCC(CCC)CCCC. The summed E-state index contributed by atoms with van der Waals surface area (Å²) in [5.74, 6) is 3.43. The van der Waals surface area contributed by atoms with Crippen LogP contribution >= 0.6 is 0 Å². The van der Waals surface area contributed by atoms with Crippen molar-refractivity contribution >= 4 is 5.96 Å². The number of hydrogen-bond donors (Lipinski definition) is 2. The summed E-state index contributed by atoms with van der Waals surface area (Å²) in [6.45, 7) is 11.2. The first-order valence-electron chi connectivity index (χ1n) is 9.99. The Balaban J connectivity index is 2.63. The van der Waals surface area contributed by atoms with Crippen molar-refractivity contribution in [3.05, 3.63) is 11.6 Å². The lowest BCUT2D eigenvalue weighted by atomic mass is 9.97. The number of nitrogens with zero attached hydrogens (tertiary/aromatic N) is 4. The molecule has 6 heteroatoms. The zero-order valence-corrected chi connectivity index (χ0v) is 16.9. The monoisotopic (exact) mass is 350 g/mol. The molecule has 0 spiro atoms. The summed E-state index contributed by atoms with van der Waals surface area (Å²) in [6, 6.07) is 0. The highest BCUT2D eigenvalue weighted by Crippen LogP contribution is 2.13. The van der Waals surface area contributed by atoms with Gasteiger partial charge in [-0.15, -0.1) is 10.2 Å². The fourth-order valence-electron chi connectivity index (χ4n) is 2.79. The Hall–Kier alpha value is -1.59. The van der Waals surface area contributed by atoms with E-state index in [4.69, 9.17) is 4.99 Å². The highest BCUT2D eigenvalue weighted by molar-refractivity contribution is 5.79. The minimum atomic E-state index is 0.548. The first-order valence-corrected chi connectivity index (χ1v) is 9.99. The second-order valence-corrected chi connectivity index (χ2v) is 6.85. The van der Waals surface area contributed by atoms with Gasteiger partial charge in [-0.25, -0.2) is 4.99 Å². The van der Waals surface area contributed by atoms with Gasteiger partial charge >= 0.3 is 0 Å². The van der Waals surface area contributed by atoms with E-state index in [-0.39, 0.29) is 0 Å². The van der Waals surface area contributed by atoms with Gasteiger partial charge in [0.2, 0.25) is 0 Å². The van der Waals surface area contributed by atoms with Gasteiger partial charge in [-0.3, -0.25) is 0 Å². The Labute approximate surface area is 153 Å². The molecular weight excluding hydrogens is 312 g/mol. The Bertz CT molecular complexity index is 494. The van der Waals surface area contributed by atoms with E-state index in [2.05, 4.69) is 41.6 Å². The molecule has 0 fully saturated rings. The van der Waals surface area contributed by atoms with Crippen LogP contribution in [0.4, 0.5) is 0 Å². The summed E-state index contributed by atoms with van der Waals surface area (Å²) in [6.07, 6.45) is 8.71. The van der Waals surface area contributed by atoms with Crippen LogP contribution in [-0.4, -0.2) is 33.8 Å². The molecular formula is C19H38N6. The van der Waals surface area contributed by atoms with Crippen molar-refractivity contribution in [2.45, 2.75) is 79.2 Å². The van der Waals surface area contributed by atoms with E-state index >= 15 is 0 Å². The fourth-order valence-corrected chi connectivity index (χ4v) is 2.79. The molecule has 144 valence electrons. The Morgan fingerprint density at radius 3 is 2.40 bits per heavy atom. The smallest absolute Gasteiger partial charge is 0.191 e. The number of aromatic nitrogens is 3. The van der Waals surface area contributed by atoms with Crippen molar-refractivity contribution in [1.29, 1.82) is 0 Å². The normalized spacial score (nSPS) is 13.1. The maximum Gasteiger partial charge on any atom is 0.191 e. The molecule has 1 heterocycles. The quantitative estimate of drug-likeness (QED) is 0.344. The van der Waals surface area contributed by atoms with Crippen LogP contribution in [-0.2, 0) is 13.6 Å². The van der Waals surface area contributed by atoms with E-state index in [0.717, 1.165) is 43.0 Å². The molecule has 0 saturated heterocycles. The molecule has 1 aromatic rings. The maximum absolute atomic E-state index is 4.72. The number of rotatable bonds is 12. The second-order valence-electron chi connectivity index (χ2n) is 6.85. The van der Waals surface area contributed by atoms with E-state index in [9.17, 15) is 0 Å². The molecule has 25 heavy (non-hydrogen) atoms. The summed E-state index contributed by atoms with van der Waals surface area (Å²) in [5.41, 5.74) is 0. The lowest BCUT2D eigenvalue weighted by molar-refractivity contribution is 0.423. The van der Waals surface area contributed by atoms with E-state index in [1.165, 1.54) is 38.5 Å². The van der Waals surface area contributed by atoms with Gasteiger partial charge in [-0.05, 0) is 32.1 Å². The van der Waals surface area contributed by atoms with Crippen LogP contribution in [0, 0.1) is 12.8 Å². The molecule has 0 radical (unpaired) electrons. The Kier molecular flexibility index (Phi) is 10.9. The molecule has 0 aromatic carbocycles. The fraction of sp³-hybridized carbons (Fsp3) is 0.842. The minimum absolute atomic E-state index is 0.548. The number of aliphatic imine (C=N–C) groups is 1. The van der Waals surface area contributed by atoms with Crippen molar-refractivity contribution in [2.24, 2.45) is 18.0 Å². The number of hydrogen-bond acceptors (Lipinski definition) is 3. The van der Waals surface area contributed by atoms with Crippen molar-refractivity contribution < 1.29 is 0 Å². The zero-order valence-electron chi connectivity index (χ0n) is 16.9. The molecule has 0 aliphatic carbocycles. The summed E-state index contributed by atoms with van der Waals surface area (Å²) in [7, 11) is 1.99. The van der Waals surface area contributed by atoms with Gasteiger partial charge in [-0.1, -0.05) is 46.5 Å². The molecule has 1 aromatic heterocycles. The van der Waals surface area contributed by atoms with Crippen molar-refractivity contribution in [3.8, 4) is 0 Å². The number of aryl methyl sites for hydroxylation is 1. The Morgan fingerprint density at radius 1 is 1.04 bits per heavy atom. The molecule has 0 amide bonds. The van der Waals surface area contributed by atoms with E-state index in [1.807, 2.05) is 18.5 Å². The zero-order chi connectivity index (χ0) is 18.5. The molecule has 1 unspecified atom stereocenters. The molecule has 2 N–H and O–H groups in total. The van der Waals surface area contributed by atoms with Crippen LogP contribution in [0.1, 0.15) is 77.4 Å². The van der Waals surface area contributed by atoms with Gasteiger partial charge in [-0.2, -0.15) is 0 Å². The molecule has 0 bridgehead atoms. The third-order valence-electron chi connectivity index (χ3n) is 4.61. The number of unbranched alkanes of at least 4 members (excludes halogenated alkanes) is 2. The predicted octanol–water partition coefficient (Wildman–Crippen LogP) is 3.57. The lowest BCUT2D eigenvalue weighted by Gasteiger charge is -2.19. The highest BCUT2D eigenvalue weighted by atomic mass is 15.3. The van der Waals surface area contributed by atoms with Crippen LogP contribution in [0.5, 0.6) is 0 Å². The topological polar surface area (TPSA) is 67.1 Å². The van der Waals surface area contributed by atoms with Gasteiger partial charge in [0.05, 0.1) is 0 Å². The first-order chi connectivity index (χ1) is 12.1. The highest BCUT2D eigenvalue weighted by Gasteiger charge is 2.09. The number of nitrogens with one attached hydrogen (secondary N) is 2. The molecule has 1 atom stereocenters. The molecule has 0 saturated carbocycles. The lowest BCUT2D eigenvalue weighted by Crippen LogP contribution is -2.40. The van der Waals surface area contributed by atoms with Gasteiger partial charge in [0.15, 0.2) is 11.8 Å². The standard InChI is InChI=1S/C19H38N6/c1-6-9-12-17(11-8-3)14-21-19(20-13-10-7-2)22-15-18-24-23-16(4)25(18)5/h17H,6-15H2,1-5H3,(H2,20,21,22). The minimum Gasteiger partial charge on any atom is -0.356 e. The van der Waals surface area contributed by atoms with Gasteiger partial charge in [0.25, 0.3) is 0 Å². The van der Waals surface area contributed by atoms with E-state index in [0.29, 0.717) is 6.54 Å². The average molecular weight is 351 g/mol. The molecule has 6 nitrogen and oxygen atoms in total. The second kappa shape index (κ2) is 12.7. The van der Waals surface area contributed by atoms with Crippen LogP contribution in [0.25, 0.3) is 0 Å². The molecule has 1 rings (SSSR count). The summed E-state index contributed by atoms with van der Waals surface area (Å²) in [5, 5.41) is 15.3. The Morgan fingerprint density at radius 2 is 1.80 bits per heavy atom. The molecule has 0 aliphatic heterocycles. The summed E-state index contributed by atoms with van der Waals surface area (Å²) in [4.78, 5) is 4.72. The largest absolute Gasteiger partial charge is 0.356 e. The predicted molar refractivity (Wildman–Crippen MR) is 106 cm³/mol. The third-order valence-corrected chi connectivity index (χ3v) is 4.61. The third kappa shape index (κ3) is 8.36.